The standard InChI is InChI=1S/C14H24N4O2S/c1-10(9-20-3)17(2)13(19)11-12(15)16-14(21-11)18-7-5-4-6-8-18/h10H,4-9,15H2,1-3H3. The molecule has 1 atom stereocenters. The van der Waals surface area contributed by atoms with E-state index in [9.17, 15) is 4.79 Å². The van der Waals surface area contributed by atoms with Crippen LogP contribution in [0.5, 0.6) is 0 Å². The summed E-state index contributed by atoms with van der Waals surface area (Å²) >= 11 is 1.40. The lowest BCUT2D eigenvalue weighted by Crippen LogP contribution is -2.37. The van der Waals surface area contributed by atoms with Crippen LogP contribution in [0.3, 0.4) is 0 Å². The van der Waals surface area contributed by atoms with E-state index in [0.717, 1.165) is 18.2 Å². The van der Waals surface area contributed by atoms with Crippen molar-refractivity contribution in [3.05, 3.63) is 4.88 Å². The van der Waals surface area contributed by atoms with Gasteiger partial charge in [-0.05, 0) is 26.2 Å². The zero-order valence-electron chi connectivity index (χ0n) is 13.0. The number of likely N-dealkylation sites (N-methyl/N-ethyl adjacent to an activating group) is 1. The van der Waals surface area contributed by atoms with Crippen molar-refractivity contribution in [1.29, 1.82) is 0 Å². The van der Waals surface area contributed by atoms with E-state index < -0.39 is 0 Å². The van der Waals surface area contributed by atoms with Crippen molar-refractivity contribution in [3.8, 4) is 0 Å². The van der Waals surface area contributed by atoms with Gasteiger partial charge in [0.1, 0.15) is 10.7 Å². The van der Waals surface area contributed by atoms with Gasteiger partial charge in [0.05, 0.1) is 12.6 Å². The van der Waals surface area contributed by atoms with Crippen LogP contribution in [0.2, 0.25) is 0 Å². The summed E-state index contributed by atoms with van der Waals surface area (Å²) in [4.78, 5) is 21.3. The van der Waals surface area contributed by atoms with E-state index in [1.807, 2.05) is 6.92 Å². The van der Waals surface area contributed by atoms with E-state index >= 15 is 0 Å². The Kier molecular flexibility index (Phi) is 5.41. The van der Waals surface area contributed by atoms with Crippen LogP contribution in [0.4, 0.5) is 10.9 Å². The van der Waals surface area contributed by atoms with Gasteiger partial charge in [-0.25, -0.2) is 4.98 Å². The number of aromatic nitrogens is 1. The normalized spacial score (nSPS) is 16.8. The highest BCUT2D eigenvalue weighted by atomic mass is 32.1. The molecule has 1 aromatic heterocycles. The average Bonchev–Trinajstić information content (AvgIpc) is 2.89. The van der Waals surface area contributed by atoms with Crippen LogP contribution in [0.15, 0.2) is 0 Å². The number of rotatable bonds is 5. The van der Waals surface area contributed by atoms with Gasteiger partial charge in [-0.2, -0.15) is 0 Å². The quantitative estimate of drug-likeness (QED) is 0.898. The van der Waals surface area contributed by atoms with Crippen LogP contribution in [0, 0.1) is 0 Å². The van der Waals surface area contributed by atoms with Gasteiger partial charge < -0.3 is 20.3 Å². The van der Waals surface area contributed by atoms with Crippen molar-refractivity contribution in [2.24, 2.45) is 0 Å². The molecule has 0 aliphatic carbocycles. The molecule has 0 bridgehead atoms. The molecular weight excluding hydrogens is 288 g/mol. The van der Waals surface area contributed by atoms with Crippen molar-refractivity contribution >= 4 is 28.2 Å². The Balaban J connectivity index is 2.12. The number of thiazole rings is 1. The number of hydrogen-bond donors (Lipinski definition) is 1. The third-order valence-corrected chi connectivity index (χ3v) is 4.97. The van der Waals surface area contributed by atoms with Gasteiger partial charge in [-0.3, -0.25) is 4.79 Å². The maximum atomic E-state index is 12.5. The molecule has 1 saturated heterocycles. The van der Waals surface area contributed by atoms with Gasteiger partial charge in [0.15, 0.2) is 5.13 Å². The van der Waals surface area contributed by atoms with Crippen LogP contribution in [-0.2, 0) is 4.74 Å². The van der Waals surface area contributed by atoms with Gasteiger partial charge in [0.25, 0.3) is 5.91 Å². The average molecular weight is 312 g/mol. The Labute approximate surface area is 129 Å². The van der Waals surface area contributed by atoms with Crippen LogP contribution in [0.25, 0.3) is 0 Å². The Hall–Kier alpha value is -1.34. The Morgan fingerprint density at radius 2 is 2.14 bits per heavy atom. The van der Waals surface area contributed by atoms with Crippen molar-refractivity contribution in [1.82, 2.24) is 9.88 Å². The van der Waals surface area contributed by atoms with E-state index in [2.05, 4.69) is 9.88 Å². The largest absolute Gasteiger partial charge is 0.383 e. The predicted molar refractivity (Wildman–Crippen MR) is 86.0 cm³/mol. The van der Waals surface area contributed by atoms with Crippen molar-refractivity contribution < 1.29 is 9.53 Å². The van der Waals surface area contributed by atoms with E-state index in [-0.39, 0.29) is 11.9 Å². The molecular formula is C14H24N4O2S. The second kappa shape index (κ2) is 7.09. The van der Waals surface area contributed by atoms with E-state index in [4.69, 9.17) is 10.5 Å². The number of anilines is 2. The number of carbonyl (C=O) groups excluding carboxylic acids is 1. The van der Waals surface area contributed by atoms with E-state index in [0.29, 0.717) is 17.3 Å². The fourth-order valence-electron chi connectivity index (χ4n) is 2.41. The lowest BCUT2D eigenvalue weighted by atomic mass is 10.1. The molecule has 0 saturated carbocycles. The van der Waals surface area contributed by atoms with E-state index in [1.165, 1.54) is 30.6 Å². The summed E-state index contributed by atoms with van der Waals surface area (Å²) in [7, 11) is 3.40. The Morgan fingerprint density at radius 3 is 2.76 bits per heavy atom. The highest BCUT2D eigenvalue weighted by molar-refractivity contribution is 7.18. The summed E-state index contributed by atoms with van der Waals surface area (Å²) in [5, 5.41) is 0.864. The molecule has 0 spiro atoms. The summed E-state index contributed by atoms with van der Waals surface area (Å²) in [5.41, 5.74) is 5.95. The lowest BCUT2D eigenvalue weighted by molar-refractivity contribution is 0.0639. The number of nitrogens with zero attached hydrogens (tertiary/aromatic N) is 3. The van der Waals surface area contributed by atoms with Crippen LogP contribution in [0.1, 0.15) is 35.9 Å². The van der Waals surface area contributed by atoms with Crippen LogP contribution in [-0.4, -0.2) is 55.7 Å². The van der Waals surface area contributed by atoms with Crippen LogP contribution >= 0.6 is 11.3 Å². The third kappa shape index (κ3) is 3.65. The molecule has 1 unspecified atom stereocenters. The minimum Gasteiger partial charge on any atom is -0.383 e. The van der Waals surface area contributed by atoms with E-state index in [1.54, 1.807) is 19.1 Å². The number of nitrogens with two attached hydrogens (primary N) is 1. The molecule has 1 aromatic rings. The molecule has 1 fully saturated rings. The number of amides is 1. The Bertz CT molecular complexity index is 485. The van der Waals surface area contributed by atoms with Crippen molar-refractivity contribution in [3.63, 3.8) is 0 Å². The zero-order chi connectivity index (χ0) is 15.4. The Morgan fingerprint density at radius 1 is 1.48 bits per heavy atom. The first-order valence-electron chi connectivity index (χ1n) is 7.32. The predicted octanol–water partition coefficient (Wildman–Crippen LogP) is 1.82. The molecule has 1 aliphatic heterocycles. The molecule has 21 heavy (non-hydrogen) atoms. The van der Waals surface area contributed by atoms with Gasteiger partial charge >= 0.3 is 0 Å². The minimum absolute atomic E-state index is 0.00226. The second-order valence-corrected chi connectivity index (χ2v) is 6.46. The molecule has 2 heterocycles. The zero-order valence-corrected chi connectivity index (χ0v) is 13.8. The topological polar surface area (TPSA) is 71.7 Å². The maximum Gasteiger partial charge on any atom is 0.267 e. The van der Waals surface area contributed by atoms with Gasteiger partial charge in [-0.1, -0.05) is 11.3 Å². The highest BCUT2D eigenvalue weighted by Gasteiger charge is 2.25. The number of methoxy groups -OCH3 is 1. The summed E-state index contributed by atoms with van der Waals surface area (Å²) < 4.78 is 5.10. The molecule has 2 rings (SSSR count). The molecule has 1 amide bonds. The molecule has 2 N–H and O–H groups in total. The molecule has 6 nitrogen and oxygen atoms in total. The smallest absolute Gasteiger partial charge is 0.267 e. The minimum atomic E-state index is -0.0854. The molecule has 7 heteroatoms. The molecule has 0 aromatic carbocycles. The monoisotopic (exact) mass is 312 g/mol. The lowest BCUT2D eigenvalue weighted by Gasteiger charge is -2.26. The van der Waals surface area contributed by atoms with Crippen LogP contribution < -0.4 is 10.6 Å². The number of nitrogen functional groups attached to an aromatic ring is 1. The van der Waals surface area contributed by atoms with Gasteiger partial charge in [0.2, 0.25) is 0 Å². The molecule has 0 radical (unpaired) electrons. The number of piperidine rings is 1. The molecule has 118 valence electrons. The number of hydrogen-bond acceptors (Lipinski definition) is 6. The SMILES string of the molecule is COCC(C)N(C)C(=O)c1sc(N2CCCCC2)nc1N. The molecule has 1 aliphatic rings. The summed E-state index contributed by atoms with van der Waals surface area (Å²) in [6.45, 7) is 4.44. The summed E-state index contributed by atoms with van der Waals surface area (Å²) in [6, 6.07) is 0.00226. The third-order valence-electron chi connectivity index (χ3n) is 3.85. The van der Waals surface area contributed by atoms with Gasteiger partial charge in [-0.15, -0.1) is 0 Å². The summed E-state index contributed by atoms with van der Waals surface area (Å²) in [5.74, 6) is 0.250. The fraction of sp³-hybridized carbons (Fsp3) is 0.714. The number of carbonyl (C=O) groups is 1. The highest BCUT2D eigenvalue weighted by Crippen LogP contribution is 2.31. The van der Waals surface area contributed by atoms with Crippen molar-refractivity contribution in [2.75, 3.05) is 44.5 Å². The summed E-state index contributed by atoms with van der Waals surface area (Å²) in [6.07, 6.45) is 3.61. The van der Waals surface area contributed by atoms with Crippen molar-refractivity contribution in [2.45, 2.75) is 32.2 Å². The first-order valence-corrected chi connectivity index (χ1v) is 8.13. The first kappa shape index (κ1) is 16.0. The first-order chi connectivity index (χ1) is 10.0. The maximum absolute atomic E-state index is 12.5. The second-order valence-electron chi connectivity index (χ2n) is 5.48. The van der Waals surface area contributed by atoms with Gasteiger partial charge in [0, 0.05) is 27.2 Å². The fourth-order valence-corrected chi connectivity index (χ4v) is 3.43. The number of ether oxygens (including phenoxy) is 1.